The maximum Gasteiger partial charge on any atom is 0.240 e. The largest absolute Gasteiger partial charge is 0.496 e. The molecule has 2 aromatic carbocycles. The van der Waals surface area contributed by atoms with Gasteiger partial charge in [0.05, 0.1) is 18.6 Å². The second kappa shape index (κ2) is 10.8. The molecule has 158 valence electrons. The zero-order valence-electron chi connectivity index (χ0n) is 17.5. The quantitative estimate of drug-likeness (QED) is 0.429. The van der Waals surface area contributed by atoms with Crippen molar-refractivity contribution in [2.24, 2.45) is 4.99 Å². The Labute approximate surface area is 173 Å². The zero-order valence-corrected chi connectivity index (χ0v) is 18.3. The summed E-state index contributed by atoms with van der Waals surface area (Å²) >= 11 is 0. The van der Waals surface area contributed by atoms with Crippen molar-refractivity contribution in [2.75, 3.05) is 27.2 Å². The Morgan fingerprint density at radius 3 is 2.38 bits per heavy atom. The molecule has 3 N–H and O–H groups in total. The van der Waals surface area contributed by atoms with Crippen molar-refractivity contribution in [3.63, 3.8) is 0 Å². The highest BCUT2D eigenvalue weighted by Crippen LogP contribution is 2.19. The fraction of sp³-hybridized carbons (Fsp3) is 0.381. The van der Waals surface area contributed by atoms with Crippen LogP contribution in [-0.2, 0) is 23.0 Å². The number of nitrogens with one attached hydrogen (secondary N) is 3. The molecule has 0 aromatic heterocycles. The fourth-order valence-electron chi connectivity index (χ4n) is 2.75. The maximum absolute atomic E-state index is 11.8. The van der Waals surface area contributed by atoms with Crippen molar-refractivity contribution < 1.29 is 13.2 Å². The summed E-state index contributed by atoms with van der Waals surface area (Å²) in [6.45, 7) is 5.98. The minimum Gasteiger partial charge on any atom is -0.496 e. The highest BCUT2D eigenvalue weighted by atomic mass is 32.2. The molecule has 2 aromatic rings. The van der Waals surface area contributed by atoms with Gasteiger partial charge in [-0.15, -0.1) is 0 Å². The van der Waals surface area contributed by atoms with Crippen LogP contribution in [0.1, 0.15) is 23.6 Å². The molecule has 0 aliphatic carbocycles. The Kier molecular flexibility index (Phi) is 8.48. The van der Waals surface area contributed by atoms with Crippen molar-refractivity contribution in [1.82, 2.24) is 15.4 Å². The van der Waals surface area contributed by atoms with Gasteiger partial charge in [0.25, 0.3) is 0 Å². The van der Waals surface area contributed by atoms with Gasteiger partial charge in [-0.2, -0.15) is 0 Å². The summed E-state index contributed by atoms with van der Waals surface area (Å²) in [4.78, 5) is 4.82. The van der Waals surface area contributed by atoms with E-state index in [2.05, 4.69) is 38.5 Å². The second-order valence-corrected chi connectivity index (χ2v) is 8.41. The van der Waals surface area contributed by atoms with E-state index in [0.29, 0.717) is 6.54 Å². The van der Waals surface area contributed by atoms with E-state index in [1.54, 1.807) is 31.4 Å². The normalized spacial score (nSPS) is 11.9. The summed E-state index contributed by atoms with van der Waals surface area (Å²) in [6.07, 6.45) is 0.845. The number of rotatable bonds is 9. The molecule has 0 amide bonds. The van der Waals surface area contributed by atoms with Gasteiger partial charge in [0.15, 0.2) is 5.96 Å². The van der Waals surface area contributed by atoms with Crippen LogP contribution >= 0.6 is 0 Å². The van der Waals surface area contributed by atoms with E-state index in [0.717, 1.165) is 42.3 Å². The maximum atomic E-state index is 11.8. The van der Waals surface area contributed by atoms with Crippen LogP contribution in [0.3, 0.4) is 0 Å². The van der Waals surface area contributed by atoms with Gasteiger partial charge in [-0.05, 0) is 62.2 Å². The lowest BCUT2D eigenvalue weighted by Crippen LogP contribution is -2.38. The summed E-state index contributed by atoms with van der Waals surface area (Å²) in [6, 6.07) is 12.9. The molecule has 0 spiro atoms. The van der Waals surface area contributed by atoms with Crippen LogP contribution in [0, 0.1) is 6.92 Å². The van der Waals surface area contributed by atoms with Gasteiger partial charge in [0.1, 0.15) is 5.75 Å². The molecule has 0 heterocycles. The molecule has 0 atom stereocenters. The molecular weight excluding hydrogens is 388 g/mol. The summed E-state index contributed by atoms with van der Waals surface area (Å²) in [7, 11) is -0.342. The average Bonchev–Trinajstić information content (AvgIpc) is 2.73. The molecule has 7 nitrogen and oxygen atoms in total. The van der Waals surface area contributed by atoms with Crippen molar-refractivity contribution in [1.29, 1.82) is 0 Å². The number of hydrogen-bond acceptors (Lipinski definition) is 4. The Morgan fingerprint density at radius 2 is 1.76 bits per heavy atom. The molecule has 2 rings (SSSR count). The number of ether oxygens (including phenoxy) is 1. The number of benzene rings is 2. The molecule has 0 unspecified atom stereocenters. The van der Waals surface area contributed by atoms with Gasteiger partial charge in [-0.3, -0.25) is 0 Å². The molecule has 0 radical (unpaired) electrons. The third-order valence-corrected chi connectivity index (χ3v) is 5.88. The standard InChI is InChI=1S/C21H30N4O3S/c1-5-23-21(24-13-12-17-7-6-16(2)20(14-17)28-4)25-15-18-8-10-19(11-9-18)29(26,27)22-3/h6-11,14,22H,5,12-13,15H2,1-4H3,(H2,23,24,25). The van der Waals surface area contributed by atoms with Crippen LogP contribution in [0.5, 0.6) is 5.75 Å². The van der Waals surface area contributed by atoms with Gasteiger partial charge in [0.2, 0.25) is 10.0 Å². The van der Waals surface area contributed by atoms with Crippen LogP contribution in [0.4, 0.5) is 0 Å². The molecular formula is C21H30N4O3S. The van der Waals surface area contributed by atoms with Crippen LogP contribution in [0.15, 0.2) is 52.4 Å². The molecule has 0 fully saturated rings. The summed E-state index contributed by atoms with van der Waals surface area (Å²) in [5.74, 6) is 1.62. The van der Waals surface area contributed by atoms with Crippen LogP contribution in [-0.4, -0.2) is 41.6 Å². The Morgan fingerprint density at radius 1 is 1.07 bits per heavy atom. The Hall–Kier alpha value is -2.58. The lowest BCUT2D eigenvalue weighted by atomic mass is 10.1. The van der Waals surface area contributed by atoms with E-state index in [9.17, 15) is 8.42 Å². The Bertz CT molecular complexity index is 925. The number of methoxy groups -OCH3 is 1. The first kappa shape index (κ1) is 22.7. The number of aryl methyl sites for hydroxylation is 1. The first-order chi connectivity index (χ1) is 13.9. The number of sulfonamides is 1. The van der Waals surface area contributed by atoms with Crippen molar-refractivity contribution >= 4 is 16.0 Å². The minimum absolute atomic E-state index is 0.242. The van der Waals surface area contributed by atoms with Gasteiger partial charge in [-0.1, -0.05) is 24.3 Å². The van der Waals surface area contributed by atoms with Crippen molar-refractivity contribution in [2.45, 2.75) is 31.7 Å². The summed E-state index contributed by atoms with van der Waals surface area (Å²) in [5.41, 5.74) is 3.24. The van der Waals surface area contributed by atoms with E-state index < -0.39 is 10.0 Å². The van der Waals surface area contributed by atoms with E-state index >= 15 is 0 Å². The number of aliphatic imine (C=N–C) groups is 1. The van der Waals surface area contributed by atoms with E-state index in [1.165, 1.54) is 12.6 Å². The Balaban J connectivity index is 1.95. The van der Waals surface area contributed by atoms with Gasteiger partial charge in [-0.25, -0.2) is 18.1 Å². The molecule has 0 saturated carbocycles. The lowest BCUT2D eigenvalue weighted by Gasteiger charge is -2.12. The molecule has 0 saturated heterocycles. The smallest absolute Gasteiger partial charge is 0.240 e. The van der Waals surface area contributed by atoms with Crippen molar-refractivity contribution in [3.8, 4) is 5.75 Å². The van der Waals surface area contributed by atoms with Gasteiger partial charge < -0.3 is 15.4 Å². The third-order valence-electron chi connectivity index (χ3n) is 4.44. The average molecular weight is 419 g/mol. The van der Waals surface area contributed by atoms with E-state index in [4.69, 9.17) is 4.74 Å². The molecule has 0 aliphatic heterocycles. The molecule has 29 heavy (non-hydrogen) atoms. The van der Waals surface area contributed by atoms with Gasteiger partial charge >= 0.3 is 0 Å². The number of nitrogens with zero attached hydrogens (tertiary/aromatic N) is 1. The molecule has 0 bridgehead atoms. The highest BCUT2D eigenvalue weighted by Gasteiger charge is 2.10. The van der Waals surface area contributed by atoms with E-state index in [1.807, 2.05) is 13.8 Å². The van der Waals surface area contributed by atoms with Crippen LogP contribution < -0.4 is 20.1 Å². The summed E-state index contributed by atoms with van der Waals surface area (Å²) in [5, 5.41) is 6.55. The van der Waals surface area contributed by atoms with Crippen LogP contribution in [0.25, 0.3) is 0 Å². The lowest BCUT2D eigenvalue weighted by molar-refractivity contribution is 0.411. The zero-order chi connectivity index (χ0) is 21.3. The monoisotopic (exact) mass is 418 g/mol. The fourth-order valence-corrected chi connectivity index (χ4v) is 3.48. The van der Waals surface area contributed by atoms with Crippen molar-refractivity contribution in [3.05, 3.63) is 59.2 Å². The van der Waals surface area contributed by atoms with E-state index in [-0.39, 0.29) is 4.90 Å². The second-order valence-electron chi connectivity index (χ2n) is 6.53. The predicted octanol–water partition coefficient (Wildman–Crippen LogP) is 2.21. The van der Waals surface area contributed by atoms with Crippen LogP contribution in [0.2, 0.25) is 0 Å². The topological polar surface area (TPSA) is 91.8 Å². The summed E-state index contributed by atoms with van der Waals surface area (Å²) < 4.78 is 31.3. The third kappa shape index (κ3) is 6.76. The number of guanidine groups is 1. The highest BCUT2D eigenvalue weighted by molar-refractivity contribution is 7.89. The molecule has 8 heteroatoms. The predicted molar refractivity (Wildman–Crippen MR) is 117 cm³/mol. The SMILES string of the molecule is CCNC(=NCc1ccc(S(=O)(=O)NC)cc1)NCCc1ccc(C)c(OC)c1. The number of hydrogen-bond donors (Lipinski definition) is 3. The minimum atomic E-state index is -3.42. The first-order valence-corrected chi connectivity index (χ1v) is 11.1. The molecule has 0 aliphatic rings. The first-order valence-electron chi connectivity index (χ1n) is 9.57. The van der Waals surface area contributed by atoms with Gasteiger partial charge in [0, 0.05) is 13.1 Å².